The summed E-state index contributed by atoms with van der Waals surface area (Å²) in [6.07, 6.45) is 5.19. The molecule has 1 N–H and O–H groups in total. The second-order valence-electron chi connectivity index (χ2n) is 8.37. The quantitative estimate of drug-likeness (QED) is 0.369. The van der Waals surface area contributed by atoms with Gasteiger partial charge in [-0.1, -0.05) is 6.07 Å². The Morgan fingerprint density at radius 2 is 1.89 bits per heavy atom. The van der Waals surface area contributed by atoms with Crippen molar-refractivity contribution in [2.45, 2.75) is 38.5 Å². The number of aromatic nitrogens is 2. The van der Waals surface area contributed by atoms with Crippen LogP contribution < -0.4 is 25.5 Å². The number of nitriles is 1. The molecular formula is C27H29N3O7. The van der Waals surface area contributed by atoms with Crippen molar-refractivity contribution in [2.24, 2.45) is 0 Å². The topological polar surface area (TPSA) is 125 Å². The molecule has 1 aliphatic rings. The molecule has 0 bridgehead atoms. The third kappa shape index (κ3) is 7.96. The minimum Gasteiger partial charge on any atom is -0.493 e. The van der Waals surface area contributed by atoms with Gasteiger partial charge in [-0.2, -0.15) is 5.26 Å². The summed E-state index contributed by atoms with van der Waals surface area (Å²) >= 11 is 0. The summed E-state index contributed by atoms with van der Waals surface area (Å²) in [5.74, 6) is 1.95. The first-order chi connectivity index (χ1) is 18.1. The van der Waals surface area contributed by atoms with Crippen molar-refractivity contribution in [3.63, 3.8) is 0 Å². The molecule has 0 spiro atoms. The van der Waals surface area contributed by atoms with Crippen molar-refractivity contribution >= 4 is 0 Å². The molecule has 1 aliphatic heterocycles. The van der Waals surface area contributed by atoms with Gasteiger partial charge >= 0.3 is 5.69 Å². The summed E-state index contributed by atoms with van der Waals surface area (Å²) in [5, 5.41) is 9.28. The monoisotopic (exact) mass is 507 g/mol. The number of H-pyrrole nitrogens is 1. The fourth-order valence-electron chi connectivity index (χ4n) is 3.71. The Kier molecular flexibility index (Phi) is 9.35. The van der Waals surface area contributed by atoms with E-state index in [9.17, 15) is 14.9 Å². The van der Waals surface area contributed by atoms with Gasteiger partial charge < -0.3 is 23.7 Å². The molecule has 4 rings (SSSR count). The maximum Gasteiger partial charge on any atom is 0.328 e. The first-order valence-corrected chi connectivity index (χ1v) is 12.2. The van der Waals surface area contributed by atoms with Gasteiger partial charge in [0.15, 0.2) is 17.8 Å². The minimum absolute atomic E-state index is 0.105. The number of rotatable bonds is 12. The highest BCUT2D eigenvalue weighted by atomic mass is 16.7. The summed E-state index contributed by atoms with van der Waals surface area (Å²) in [4.78, 5) is 25.3. The molecule has 194 valence electrons. The van der Waals surface area contributed by atoms with Crippen LogP contribution in [0.3, 0.4) is 0 Å². The Bertz CT molecular complexity index is 1320. The van der Waals surface area contributed by atoms with E-state index in [2.05, 4.69) is 11.1 Å². The average molecular weight is 508 g/mol. The number of nitrogens with zero attached hydrogens (tertiary/aromatic N) is 2. The second kappa shape index (κ2) is 13.3. The van der Waals surface area contributed by atoms with Gasteiger partial charge in [-0.15, -0.1) is 0 Å². The smallest absolute Gasteiger partial charge is 0.328 e. The van der Waals surface area contributed by atoms with Crippen LogP contribution >= 0.6 is 0 Å². The van der Waals surface area contributed by atoms with Gasteiger partial charge in [-0.25, -0.2) is 4.79 Å². The number of ether oxygens (including phenoxy) is 5. The highest BCUT2D eigenvalue weighted by Crippen LogP contribution is 2.33. The standard InChI is InChI=1S/C27H29N3O7/c28-19-20-8-9-23(24(17-20)34-16-12-30-11-10-25(31)29-27(30)32)37-22-6-3-5-21(18-22)33-14-4-15-36-26-7-1-2-13-35-26/h3,5-6,8-11,17-18,26H,1-2,4,7,12-16H2,(H,29,31,32). The van der Waals surface area contributed by atoms with Crippen LogP contribution in [-0.2, 0) is 16.0 Å². The molecule has 2 aromatic carbocycles. The highest BCUT2D eigenvalue weighted by Gasteiger charge is 2.13. The van der Waals surface area contributed by atoms with Crippen molar-refractivity contribution < 1.29 is 23.7 Å². The molecule has 1 saturated heterocycles. The molecule has 0 amide bonds. The SMILES string of the molecule is N#Cc1ccc(Oc2cccc(OCCCOC3CCCCO3)c2)c(OCCn2ccc(=O)[nH]c2=O)c1. The van der Waals surface area contributed by atoms with E-state index in [0.717, 1.165) is 32.3 Å². The van der Waals surface area contributed by atoms with Crippen LogP contribution in [-0.4, -0.2) is 42.3 Å². The molecule has 0 saturated carbocycles. The largest absolute Gasteiger partial charge is 0.493 e. The third-order valence-corrected chi connectivity index (χ3v) is 5.59. The van der Waals surface area contributed by atoms with Gasteiger partial charge in [-0.05, 0) is 43.5 Å². The van der Waals surface area contributed by atoms with Crippen molar-refractivity contribution in [3.8, 4) is 29.1 Å². The molecule has 1 aromatic heterocycles. The van der Waals surface area contributed by atoms with Crippen molar-refractivity contribution in [1.82, 2.24) is 9.55 Å². The predicted octanol–water partition coefficient (Wildman–Crippen LogP) is 3.59. The Balaban J connectivity index is 1.32. The summed E-state index contributed by atoms with van der Waals surface area (Å²) in [6, 6.07) is 15.4. The predicted molar refractivity (Wildman–Crippen MR) is 134 cm³/mol. The van der Waals surface area contributed by atoms with Crippen LogP contribution in [0.2, 0.25) is 0 Å². The van der Waals surface area contributed by atoms with Gasteiger partial charge in [0.1, 0.15) is 18.1 Å². The van der Waals surface area contributed by atoms with Gasteiger partial charge in [0, 0.05) is 37.4 Å². The van der Waals surface area contributed by atoms with Gasteiger partial charge in [-0.3, -0.25) is 14.3 Å². The van der Waals surface area contributed by atoms with Crippen LogP contribution in [0.1, 0.15) is 31.2 Å². The molecule has 0 radical (unpaired) electrons. The number of hydrogen-bond donors (Lipinski definition) is 1. The summed E-state index contributed by atoms with van der Waals surface area (Å²) in [6.45, 7) is 2.14. The fraction of sp³-hybridized carbons (Fsp3) is 0.370. The van der Waals surface area contributed by atoms with Crippen LogP contribution in [0.5, 0.6) is 23.0 Å². The van der Waals surface area contributed by atoms with E-state index < -0.39 is 11.2 Å². The Labute approximate surface area is 213 Å². The Morgan fingerprint density at radius 1 is 1.00 bits per heavy atom. The number of hydrogen-bond acceptors (Lipinski definition) is 8. The zero-order valence-corrected chi connectivity index (χ0v) is 20.4. The number of aromatic amines is 1. The molecule has 10 heteroatoms. The third-order valence-electron chi connectivity index (χ3n) is 5.59. The minimum atomic E-state index is -0.524. The second-order valence-corrected chi connectivity index (χ2v) is 8.37. The Morgan fingerprint density at radius 3 is 2.70 bits per heavy atom. The van der Waals surface area contributed by atoms with Crippen LogP contribution in [0.4, 0.5) is 0 Å². The molecule has 1 atom stereocenters. The lowest BCUT2D eigenvalue weighted by atomic mass is 10.2. The zero-order valence-electron chi connectivity index (χ0n) is 20.4. The highest BCUT2D eigenvalue weighted by molar-refractivity contribution is 5.49. The van der Waals surface area contributed by atoms with E-state index in [-0.39, 0.29) is 19.4 Å². The molecular weight excluding hydrogens is 478 g/mol. The first-order valence-electron chi connectivity index (χ1n) is 12.2. The van der Waals surface area contributed by atoms with Gasteiger partial charge in [0.25, 0.3) is 5.56 Å². The van der Waals surface area contributed by atoms with E-state index in [4.69, 9.17) is 23.7 Å². The molecule has 0 aliphatic carbocycles. The molecule has 10 nitrogen and oxygen atoms in total. The summed E-state index contributed by atoms with van der Waals surface area (Å²) in [7, 11) is 0. The average Bonchev–Trinajstić information content (AvgIpc) is 2.91. The summed E-state index contributed by atoms with van der Waals surface area (Å²) in [5.41, 5.74) is -0.585. The van der Waals surface area contributed by atoms with E-state index in [1.54, 1.807) is 30.3 Å². The van der Waals surface area contributed by atoms with E-state index >= 15 is 0 Å². The molecule has 1 unspecified atom stereocenters. The zero-order chi connectivity index (χ0) is 25.9. The van der Waals surface area contributed by atoms with Crippen LogP contribution in [0, 0.1) is 11.3 Å². The van der Waals surface area contributed by atoms with Crippen molar-refractivity contribution in [3.05, 3.63) is 81.1 Å². The number of benzene rings is 2. The number of nitrogens with one attached hydrogen (secondary N) is 1. The van der Waals surface area contributed by atoms with Crippen molar-refractivity contribution in [2.75, 3.05) is 26.4 Å². The molecule has 2 heterocycles. The maximum absolute atomic E-state index is 11.9. The van der Waals surface area contributed by atoms with Crippen LogP contribution in [0.25, 0.3) is 0 Å². The normalized spacial score (nSPS) is 15.1. The molecule has 37 heavy (non-hydrogen) atoms. The molecule has 1 fully saturated rings. The van der Waals surface area contributed by atoms with Crippen LogP contribution in [0.15, 0.2) is 64.3 Å². The lowest BCUT2D eigenvalue weighted by Crippen LogP contribution is -2.30. The van der Waals surface area contributed by atoms with Gasteiger partial charge in [0.2, 0.25) is 0 Å². The first kappa shape index (κ1) is 26.0. The molecule has 3 aromatic rings. The lowest BCUT2D eigenvalue weighted by Gasteiger charge is -2.22. The van der Waals surface area contributed by atoms with E-state index in [0.29, 0.717) is 41.8 Å². The fourth-order valence-corrected chi connectivity index (χ4v) is 3.71. The maximum atomic E-state index is 11.9. The van der Waals surface area contributed by atoms with E-state index in [1.807, 2.05) is 12.1 Å². The van der Waals surface area contributed by atoms with E-state index in [1.165, 1.54) is 16.8 Å². The summed E-state index contributed by atoms with van der Waals surface area (Å²) < 4.78 is 30.3. The van der Waals surface area contributed by atoms with Crippen molar-refractivity contribution in [1.29, 1.82) is 5.26 Å². The van der Waals surface area contributed by atoms with Gasteiger partial charge in [0.05, 0.1) is 31.4 Å². The lowest BCUT2D eigenvalue weighted by molar-refractivity contribution is -0.163. The Hall–Kier alpha value is -4.07.